The van der Waals surface area contributed by atoms with E-state index in [4.69, 9.17) is 0 Å². The molecule has 1 amide bonds. The van der Waals surface area contributed by atoms with Gasteiger partial charge in [-0.1, -0.05) is 44.6 Å². The highest BCUT2D eigenvalue weighted by molar-refractivity contribution is 14.1. The molecule has 0 saturated heterocycles. The van der Waals surface area contributed by atoms with Crippen LogP contribution in [0, 0.1) is 0 Å². The second kappa shape index (κ2) is 6.94. The summed E-state index contributed by atoms with van der Waals surface area (Å²) in [6, 6.07) is 10.3. The van der Waals surface area contributed by atoms with E-state index >= 15 is 0 Å². The standard InChI is InChI=1S/C14H10BrIN2O2/c15-9-4-5-11(18-13(19)8-16)10(7-9)14(20)12-3-1-2-6-17-12/h1-7H,8H2,(H,18,19). The Bertz CT molecular complexity index is 647. The van der Waals surface area contributed by atoms with Crippen LogP contribution in [0.5, 0.6) is 0 Å². The number of carbonyl (C=O) groups is 2. The fourth-order valence-electron chi connectivity index (χ4n) is 1.63. The van der Waals surface area contributed by atoms with Gasteiger partial charge in [0.1, 0.15) is 5.69 Å². The number of rotatable bonds is 4. The molecule has 1 N–H and O–H groups in total. The average molecular weight is 445 g/mol. The Morgan fingerprint density at radius 2 is 2.05 bits per heavy atom. The van der Waals surface area contributed by atoms with Gasteiger partial charge in [-0.05, 0) is 30.3 Å². The largest absolute Gasteiger partial charge is 0.325 e. The molecular formula is C14H10BrIN2O2. The molecule has 20 heavy (non-hydrogen) atoms. The summed E-state index contributed by atoms with van der Waals surface area (Å²) in [4.78, 5) is 28.0. The number of carbonyl (C=O) groups excluding carboxylic acids is 2. The predicted molar refractivity (Wildman–Crippen MR) is 89.3 cm³/mol. The number of anilines is 1. The van der Waals surface area contributed by atoms with Crippen molar-refractivity contribution in [2.45, 2.75) is 0 Å². The number of amides is 1. The summed E-state index contributed by atoms with van der Waals surface area (Å²) in [6.45, 7) is 0. The lowest BCUT2D eigenvalue weighted by molar-refractivity contribution is -0.113. The Morgan fingerprint density at radius 1 is 1.25 bits per heavy atom. The van der Waals surface area contributed by atoms with E-state index < -0.39 is 0 Å². The molecule has 1 aromatic heterocycles. The maximum absolute atomic E-state index is 12.5. The molecule has 2 rings (SSSR count). The van der Waals surface area contributed by atoms with Crippen LogP contribution in [0.1, 0.15) is 16.1 Å². The molecule has 0 unspecified atom stereocenters. The Morgan fingerprint density at radius 3 is 2.70 bits per heavy atom. The van der Waals surface area contributed by atoms with Crippen LogP contribution >= 0.6 is 38.5 Å². The number of benzene rings is 1. The number of nitrogens with zero attached hydrogens (tertiary/aromatic N) is 1. The Labute approximate surface area is 138 Å². The summed E-state index contributed by atoms with van der Waals surface area (Å²) in [7, 11) is 0. The van der Waals surface area contributed by atoms with Gasteiger partial charge in [0, 0.05) is 16.2 Å². The summed E-state index contributed by atoms with van der Waals surface area (Å²) in [6.07, 6.45) is 1.56. The van der Waals surface area contributed by atoms with E-state index in [0.29, 0.717) is 21.4 Å². The zero-order chi connectivity index (χ0) is 14.5. The molecule has 0 aliphatic rings. The quantitative estimate of drug-likeness (QED) is 0.446. The zero-order valence-corrected chi connectivity index (χ0v) is 14.0. The molecule has 0 saturated carbocycles. The van der Waals surface area contributed by atoms with Crippen molar-refractivity contribution in [3.63, 3.8) is 0 Å². The zero-order valence-electron chi connectivity index (χ0n) is 10.3. The van der Waals surface area contributed by atoms with Crippen LogP contribution in [0.25, 0.3) is 0 Å². The number of aromatic nitrogens is 1. The molecule has 0 bridgehead atoms. The van der Waals surface area contributed by atoms with Crippen molar-refractivity contribution in [2.24, 2.45) is 0 Å². The van der Waals surface area contributed by atoms with Crippen LogP contribution in [0.4, 0.5) is 5.69 Å². The summed E-state index contributed by atoms with van der Waals surface area (Å²) in [5.41, 5.74) is 1.25. The van der Waals surface area contributed by atoms with Gasteiger partial charge >= 0.3 is 0 Å². The van der Waals surface area contributed by atoms with Crippen molar-refractivity contribution >= 4 is 55.9 Å². The normalized spacial score (nSPS) is 10.1. The van der Waals surface area contributed by atoms with Crippen molar-refractivity contribution < 1.29 is 9.59 Å². The first-order valence-corrected chi connectivity index (χ1v) is 8.05. The number of halogens is 2. The molecule has 0 fully saturated rings. The summed E-state index contributed by atoms with van der Waals surface area (Å²) in [5.74, 6) is -0.376. The molecule has 0 aliphatic heterocycles. The van der Waals surface area contributed by atoms with Gasteiger partial charge in [0.2, 0.25) is 11.7 Å². The highest BCUT2D eigenvalue weighted by Gasteiger charge is 2.16. The van der Waals surface area contributed by atoms with Crippen molar-refractivity contribution in [3.05, 3.63) is 58.3 Å². The smallest absolute Gasteiger partial charge is 0.234 e. The Hall–Kier alpha value is -1.28. The lowest BCUT2D eigenvalue weighted by atomic mass is 10.1. The van der Waals surface area contributed by atoms with Gasteiger partial charge in [0.25, 0.3) is 0 Å². The van der Waals surface area contributed by atoms with E-state index in [2.05, 4.69) is 26.2 Å². The van der Waals surface area contributed by atoms with E-state index in [1.807, 2.05) is 22.6 Å². The maximum atomic E-state index is 12.5. The Balaban J connectivity index is 2.41. The molecule has 0 aliphatic carbocycles. The molecule has 2 aromatic rings. The van der Waals surface area contributed by atoms with E-state index in [1.165, 1.54) is 0 Å². The van der Waals surface area contributed by atoms with Crippen LogP contribution < -0.4 is 5.32 Å². The predicted octanol–water partition coefficient (Wildman–Crippen LogP) is 3.45. The molecule has 1 heterocycles. The Kier molecular flexibility index (Phi) is 5.24. The van der Waals surface area contributed by atoms with Gasteiger partial charge < -0.3 is 5.32 Å². The number of alkyl halides is 1. The van der Waals surface area contributed by atoms with Crippen LogP contribution in [0.2, 0.25) is 0 Å². The minimum absolute atomic E-state index is 0.150. The summed E-state index contributed by atoms with van der Waals surface area (Å²) < 4.78 is 1.09. The van der Waals surface area contributed by atoms with Gasteiger partial charge in [0.05, 0.1) is 10.1 Å². The third kappa shape index (κ3) is 3.63. The van der Waals surface area contributed by atoms with E-state index in [9.17, 15) is 9.59 Å². The molecule has 0 atom stereocenters. The van der Waals surface area contributed by atoms with Crippen LogP contribution in [0.15, 0.2) is 47.1 Å². The van der Waals surface area contributed by atoms with Crippen molar-refractivity contribution in [1.82, 2.24) is 4.98 Å². The molecule has 0 radical (unpaired) electrons. The van der Waals surface area contributed by atoms with Gasteiger partial charge in [-0.15, -0.1) is 0 Å². The topological polar surface area (TPSA) is 59.1 Å². The number of pyridine rings is 1. The number of nitrogens with one attached hydrogen (secondary N) is 1. The van der Waals surface area contributed by atoms with E-state index in [1.54, 1.807) is 42.6 Å². The highest BCUT2D eigenvalue weighted by atomic mass is 127. The van der Waals surface area contributed by atoms with E-state index in [-0.39, 0.29) is 11.7 Å². The summed E-state index contributed by atoms with van der Waals surface area (Å²) >= 11 is 5.30. The highest BCUT2D eigenvalue weighted by Crippen LogP contribution is 2.23. The van der Waals surface area contributed by atoms with Crippen molar-refractivity contribution in [2.75, 3.05) is 9.74 Å². The minimum Gasteiger partial charge on any atom is -0.325 e. The second-order valence-electron chi connectivity index (χ2n) is 3.92. The lowest BCUT2D eigenvalue weighted by Crippen LogP contribution is -2.16. The number of hydrogen-bond donors (Lipinski definition) is 1. The average Bonchev–Trinajstić information content (AvgIpc) is 2.49. The van der Waals surface area contributed by atoms with Crippen molar-refractivity contribution in [3.8, 4) is 0 Å². The molecule has 4 nitrogen and oxygen atoms in total. The van der Waals surface area contributed by atoms with Crippen LogP contribution in [-0.4, -0.2) is 21.1 Å². The number of ketones is 1. The van der Waals surface area contributed by atoms with Crippen molar-refractivity contribution in [1.29, 1.82) is 0 Å². The van der Waals surface area contributed by atoms with Crippen LogP contribution in [0.3, 0.4) is 0 Å². The maximum Gasteiger partial charge on any atom is 0.234 e. The monoisotopic (exact) mass is 444 g/mol. The second-order valence-corrected chi connectivity index (χ2v) is 5.59. The molecule has 1 aromatic carbocycles. The van der Waals surface area contributed by atoms with Gasteiger partial charge in [-0.25, -0.2) is 0 Å². The lowest BCUT2D eigenvalue weighted by Gasteiger charge is -2.10. The summed E-state index contributed by atoms with van der Waals surface area (Å²) in [5, 5.41) is 2.72. The first-order chi connectivity index (χ1) is 9.61. The fourth-order valence-corrected chi connectivity index (χ4v) is 2.18. The first kappa shape index (κ1) is 15.1. The molecule has 102 valence electrons. The van der Waals surface area contributed by atoms with E-state index in [0.717, 1.165) is 4.47 Å². The third-order valence-electron chi connectivity index (χ3n) is 2.52. The van der Waals surface area contributed by atoms with Gasteiger partial charge in [0.15, 0.2) is 0 Å². The van der Waals surface area contributed by atoms with Gasteiger partial charge in [-0.3, -0.25) is 14.6 Å². The molecule has 6 heteroatoms. The van der Waals surface area contributed by atoms with Gasteiger partial charge in [-0.2, -0.15) is 0 Å². The SMILES string of the molecule is O=C(CI)Nc1ccc(Br)cc1C(=O)c1ccccn1. The molecule has 0 spiro atoms. The van der Waals surface area contributed by atoms with Crippen LogP contribution in [-0.2, 0) is 4.79 Å². The molecular weight excluding hydrogens is 435 g/mol. The fraction of sp³-hybridized carbons (Fsp3) is 0.0714. The third-order valence-corrected chi connectivity index (χ3v) is 3.71. The number of hydrogen-bond acceptors (Lipinski definition) is 3. The first-order valence-electron chi connectivity index (χ1n) is 5.73. The minimum atomic E-state index is -0.226.